The molecule has 1 saturated carbocycles. The molecule has 1 aromatic rings. The summed E-state index contributed by atoms with van der Waals surface area (Å²) in [4.78, 5) is 9.93. The Labute approximate surface area is 182 Å². The van der Waals surface area contributed by atoms with E-state index in [1.165, 1.54) is 50.6 Å². The second-order valence-electron chi connectivity index (χ2n) is 9.66. The van der Waals surface area contributed by atoms with Crippen LogP contribution in [0.15, 0.2) is 35.3 Å². The van der Waals surface area contributed by atoms with E-state index in [4.69, 9.17) is 4.74 Å². The molecular formula is C25H40N4O. The van der Waals surface area contributed by atoms with Gasteiger partial charge in [0, 0.05) is 53.0 Å². The van der Waals surface area contributed by atoms with E-state index in [0.717, 1.165) is 51.1 Å². The van der Waals surface area contributed by atoms with Gasteiger partial charge in [-0.25, -0.2) is 0 Å². The molecule has 3 aliphatic rings. The number of hydrogen-bond donors (Lipinski definition) is 1. The maximum absolute atomic E-state index is 5.36. The standard InChI is InChI=1S/C25H40N4O/c1-26-24(27-20-25(12-7-13-25)14-17-30-2)29-16-11-23-22(19-29)10-6-15-28(23)18-21-8-4-3-5-9-21/h3-5,8-9,22-23H,6-7,10-20H2,1-2H3,(H,26,27). The normalized spacial score (nSPS) is 26.7. The van der Waals surface area contributed by atoms with Crippen molar-refractivity contribution in [3.05, 3.63) is 35.9 Å². The second kappa shape index (κ2) is 10.1. The molecule has 0 bridgehead atoms. The molecule has 4 rings (SSSR count). The van der Waals surface area contributed by atoms with Gasteiger partial charge in [0.1, 0.15) is 0 Å². The Morgan fingerprint density at radius 2 is 2.00 bits per heavy atom. The smallest absolute Gasteiger partial charge is 0.193 e. The number of fused-ring (bicyclic) bond motifs is 1. The molecule has 5 nitrogen and oxygen atoms in total. The van der Waals surface area contributed by atoms with Gasteiger partial charge >= 0.3 is 0 Å². The zero-order valence-corrected chi connectivity index (χ0v) is 19.0. The molecule has 1 N–H and O–H groups in total. The number of guanidine groups is 1. The Balaban J connectivity index is 1.32. The Kier molecular flexibility index (Phi) is 7.32. The third-order valence-corrected chi connectivity index (χ3v) is 7.80. The lowest BCUT2D eigenvalue weighted by molar-refractivity contribution is 0.0360. The number of methoxy groups -OCH3 is 1. The molecule has 2 heterocycles. The third kappa shape index (κ3) is 5.00. The molecule has 1 aliphatic carbocycles. The average Bonchev–Trinajstić information content (AvgIpc) is 2.76. The first-order chi connectivity index (χ1) is 14.7. The fourth-order valence-corrected chi connectivity index (χ4v) is 5.82. The molecule has 0 spiro atoms. The van der Waals surface area contributed by atoms with Crippen molar-refractivity contribution in [2.75, 3.05) is 46.9 Å². The van der Waals surface area contributed by atoms with E-state index in [-0.39, 0.29) is 0 Å². The number of ether oxygens (including phenoxy) is 1. The number of aliphatic imine (C=N–C) groups is 1. The van der Waals surface area contributed by atoms with Crippen LogP contribution < -0.4 is 5.32 Å². The van der Waals surface area contributed by atoms with Gasteiger partial charge in [0.2, 0.25) is 0 Å². The van der Waals surface area contributed by atoms with Gasteiger partial charge in [-0.15, -0.1) is 0 Å². The molecule has 2 aliphatic heterocycles. The van der Waals surface area contributed by atoms with E-state index in [2.05, 4.69) is 50.4 Å². The van der Waals surface area contributed by atoms with Gasteiger partial charge in [-0.1, -0.05) is 36.8 Å². The van der Waals surface area contributed by atoms with Crippen molar-refractivity contribution >= 4 is 5.96 Å². The van der Waals surface area contributed by atoms with Crippen LogP contribution in [0, 0.1) is 11.3 Å². The van der Waals surface area contributed by atoms with E-state index in [1.54, 1.807) is 0 Å². The molecular weight excluding hydrogens is 372 g/mol. The van der Waals surface area contributed by atoms with Crippen LogP contribution in [0.25, 0.3) is 0 Å². The van der Waals surface area contributed by atoms with Gasteiger partial charge in [-0.05, 0) is 62.0 Å². The quantitative estimate of drug-likeness (QED) is 0.547. The van der Waals surface area contributed by atoms with Crippen molar-refractivity contribution < 1.29 is 4.74 Å². The van der Waals surface area contributed by atoms with Gasteiger partial charge in [0.05, 0.1) is 0 Å². The zero-order valence-electron chi connectivity index (χ0n) is 19.0. The summed E-state index contributed by atoms with van der Waals surface area (Å²) in [5, 5.41) is 3.74. The largest absolute Gasteiger partial charge is 0.385 e. The SMILES string of the molecule is CN=C(NCC1(CCOC)CCC1)N1CCC2C(CCCN2Cc2ccccc2)C1. The van der Waals surface area contributed by atoms with Crippen molar-refractivity contribution in [1.29, 1.82) is 0 Å². The van der Waals surface area contributed by atoms with Crippen LogP contribution >= 0.6 is 0 Å². The first kappa shape index (κ1) is 21.6. The molecule has 1 aromatic carbocycles. The Hall–Kier alpha value is -1.59. The van der Waals surface area contributed by atoms with Gasteiger partial charge < -0.3 is 15.0 Å². The van der Waals surface area contributed by atoms with Crippen molar-refractivity contribution in [2.24, 2.45) is 16.3 Å². The first-order valence-corrected chi connectivity index (χ1v) is 12.0. The number of hydrogen-bond acceptors (Lipinski definition) is 3. The minimum Gasteiger partial charge on any atom is -0.385 e. The summed E-state index contributed by atoms with van der Waals surface area (Å²) in [5.41, 5.74) is 1.86. The van der Waals surface area contributed by atoms with Gasteiger partial charge in [-0.2, -0.15) is 0 Å². The van der Waals surface area contributed by atoms with Crippen LogP contribution in [-0.4, -0.2) is 68.7 Å². The van der Waals surface area contributed by atoms with Gasteiger partial charge in [-0.3, -0.25) is 9.89 Å². The van der Waals surface area contributed by atoms with Gasteiger partial charge in [0.25, 0.3) is 0 Å². The molecule has 0 aromatic heterocycles. The van der Waals surface area contributed by atoms with Crippen LogP contribution in [0.2, 0.25) is 0 Å². The van der Waals surface area contributed by atoms with E-state index in [1.807, 2.05) is 14.2 Å². The summed E-state index contributed by atoms with van der Waals surface area (Å²) < 4.78 is 5.36. The van der Waals surface area contributed by atoms with Crippen molar-refractivity contribution in [2.45, 2.75) is 57.5 Å². The topological polar surface area (TPSA) is 40.1 Å². The highest BCUT2D eigenvalue weighted by atomic mass is 16.5. The molecule has 2 saturated heterocycles. The summed E-state index contributed by atoms with van der Waals surface area (Å²) in [6, 6.07) is 11.7. The number of rotatable bonds is 7. The molecule has 2 atom stereocenters. The minimum atomic E-state index is 0.418. The van der Waals surface area contributed by atoms with Crippen LogP contribution in [0.3, 0.4) is 0 Å². The summed E-state index contributed by atoms with van der Waals surface area (Å²) in [6.07, 6.45) is 9.06. The summed E-state index contributed by atoms with van der Waals surface area (Å²) >= 11 is 0. The van der Waals surface area contributed by atoms with Crippen LogP contribution in [-0.2, 0) is 11.3 Å². The number of nitrogens with one attached hydrogen (secondary N) is 1. The molecule has 30 heavy (non-hydrogen) atoms. The van der Waals surface area contributed by atoms with E-state index in [9.17, 15) is 0 Å². The van der Waals surface area contributed by atoms with Crippen LogP contribution in [0.1, 0.15) is 50.5 Å². The third-order valence-electron chi connectivity index (χ3n) is 7.80. The second-order valence-corrected chi connectivity index (χ2v) is 9.66. The first-order valence-electron chi connectivity index (χ1n) is 12.0. The maximum Gasteiger partial charge on any atom is 0.193 e. The summed E-state index contributed by atoms with van der Waals surface area (Å²) in [5.74, 6) is 1.86. The lowest BCUT2D eigenvalue weighted by Gasteiger charge is -2.48. The highest BCUT2D eigenvalue weighted by Crippen LogP contribution is 2.43. The molecule has 5 heteroatoms. The van der Waals surface area contributed by atoms with Crippen LogP contribution in [0.5, 0.6) is 0 Å². The maximum atomic E-state index is 5.36. The monoisotopic (exact) mass is 412 g/mol. The van der Waals surface area contributed by atoms with E-state index in [0.29, 0.717) is 11.5 Å². The van der Waals surface area contributed by atoms with Crippen molar-refractivity contribution in [3.8, 4) is 0 Å². The van der Waals surface area contributed by atoms with Crippen molar-refractivity contribution in [1.82, 2.24) is 15.1 Å². The lowest BCUT2D eigenvalue weighted by Crippen LogP contribution is -2.57. The van der Waals surface area contributed by atoms with Crippen molar-refractivity contribution in [3.63, 3.8) is 0 Å². The van der Waals surface area contributed by atoms with E-state index >= 15 is 0 Å². The minimum absolute atomic E-state index is 0.418. The number of nitrogens with zero attached hydrogens (tertiary/aromatic N) is 3. The predicted molar refractivity (Wildman–Crippen MR) is 124 cm³/mol. The lowest BCUT2D eigenvalue weighted by atomic mass is 9.67. The van der Waals surface area contributed by atoms with Gasteiger partial charge in [0.15, 0.2) is 5.96 Å². The highest BCUT2D eigenvalue weighted by Gasteiger charge is 2.39. The van der Waals surface area contributed by atoms with E-state index < -0.39 is 0 Å². The number of likely N-dealkylation sites (tertiary alicyclic amines) is 2. The molecule has 0 radical (unpaired) electrons. The fourth-order valence-electron chi connectivity index (χ4n) is 5.82. The average molecular weight is 413 g/mol. The van der Waals surface area contributed by atoms with Crippen LogP contribution in [0.4, 0.5) is 0 Å². The number of piperidine rings is 2. The molecule has 166 valence electrons. The fraction of sp³-hybridized carbons (Fsp3) is 0.720. The Bertz CT molecular complexity index is 688. The molecule has 2 unspecified atom stereocenters. The highest BCUT2D eigenvalue weighted by molar-refractivity contribution is 5.80. The Morgan fingerprint density at radius 3 is 2.70 bits per heavy atom. The molecule has 0 amide bonds. The molecule has 3 fully saturated rings. The Morgan fingerprint density at radius 1 is 1.17 bits per heavy atom. The summed E-state index contributed by atoms with van der Waals surface area (Å²) in [7, 11) is 3.76. The summed E-state index contributed by atoms with van der Waals surface area (Å²) in [6.45, 7) is 6.48. The predicted octanol–water partition coefficient (Wildman–Crippen LogP) is 3.76. The zero-order chi connectivity index (χ0) is 20.8. The number of benzene rings is 1.